The van der Waals surface area contributed by atoms with Crippen LogP contribution in [0.3, 0.4) is 0 Å². The molecule has 0 spiro atoms. The highest BCUT2D eigenvalue weighted by Gasteiger charge is 2.24. The molecule has 8 heteroatoms. The van der Waals surface area contributed by atoms with E-state index in [2.05, 4.69) is 58.5 Å². The Balaban J connectivity index is 1.58. The molecular weight excluding hydrogens is 400 g/mol. The third kappa shape index (κ3) is 4.32. The van der Waals surface area contributed by atoms with E-state index < -0.39 is 0 Å². The number of anilines is 3. The van der Waals surface area contributed by atoms with Crippen LogP contribution in [0.15, 0.2) is 30.3 Å². The van der Waals surface area contributed by atoms with Crippen molar-refractivity contribution in [1.82, 2.24) is 25.3 Å². The smallest absolute Gasteiger partial charge is 0.229 e. The van der Waals surface area contributed by atoms with E-state index in [0.29, 0.717) is 12.2 Å². The zero-order valence-corrected chi connectivity index (χ0v) is 19.0. The minimum atomic E-state index is 0.240. The largest absolute Gasteiger partial charge is 0.364 e. The van der Waals surface area contributed by atoms with E-state index >= 15 is 0 Å². The van der Waals surface area contributed by atoms with Crippen molar-refractivity contribution in [3.63, 3.8) is 0 Å². The summed E-state index contributed by atoms with van der Waals surface area (Å²) in [6, 6.07) is 10.4. The highest BCUT2D eigenvalue weighted by Crippen LogP contribution is 2.31. The van der Waals surface area contributed by atoms with E-state index in [1.807, 2.05) is 6.07 Å². The van der Waals surface area contributed by atoms with Crippen molar-refractivity contribution < 1.29 is 0 Å². The Labute approximate surface area is 189 Å². The maximum Gasteiger partial charge on any atom is 0.229 e. The number of hydrogen-bond donors (Lipinski definition) is 2. The Morgan fingerprint density at radius 2 is 1.66 bits per heavy atom. The first-order valence-corrected chi connectivity index (χ1v) is 11.8. The molecule has 8 nitrogen and oxygen atoms in total. The molecule has 4 heterocycles. The van der Waals surface area contributed by atoms with Crippen LogP contribution in [0.1, 0.15) is 43.9 Å². The maximum atomic E-state index is 5.10. The number of hydrogen-bond acceptors (Lipinski definition) is 8. The number of nitrogens with one attached hydrogen (secondary N) is 2. The molecule has 0 unspecified atom stereocenters. The van der Waals surface area contributed by atoms with Gasteiger partial charge in [0.2, 0.25) is 5.95 Å². The minimum Gasteiger partial charge on any atom is -0.364 e. The molecule has 0 saturated carbocycles. The van der Waals surface area contributed by atoms with E-state index in [1.165, 1.54) is 18.4 Å². The topological polar surface area (TPSA) is 82.1 Å². The van der Waals surface area contributed by atoms with Crippen LogP contribution in [0.4, 0.5) is 17.6 Å². The normalized spacial score (nSPS) is 16.8. The van der Waals surface area contributed by atoms with Gasteiger partial charge in [-0.1, -0.05) is 44.2 Å². The molecule has 2 N–H and O–H groups in total. The molecule has 5 rings (SSSR count). The summed E-state index contributed by atoms with van der Waals surface area (Å²) < 4.78 is 0. The molecule has 0 bridgehead atoms. The lowest BCUT2D eigenvalue weighted by Gasteiger charge is -2.29. The number of nitrogens with zero attached hydrogens (tertiary/aromatic N) is 6. The lowest BCUT2D eigenvalue weighted by molar-refractivity contribution is 0.580. The summed E-state index contributed by atoms with van der Waals surface area (Å²) >= 11 is 0. The second-order valence-electron chi connectivity index (χ2n) is 8.90. The summed E-state index contributed by atoms with van der Waals surface area (Å²) in [7, 11) is 0. The van der Waals surface area contributed by atoms with Gasteiger partial charge in [-0.15, -0.1) is 0 Å². The van der Waals surface area contributed by atoms with Crippen LogP contribution >= 0.6 is 0 Å². The van der Waals surface area contributed by atoms with E-state index in [1.54, 1.807) is 0 Å². The molecule has 32 heavy (non-hydrogen) atoms. The fourth-order valence-corrected chi connectivity index (χ4v) is 4.40. The van der Waals surface area contributed by atoms with Crippen LogP contribution in [0, 0.1) is 0 Å². The summed E-state index contributed by atoms with van der Waals surface area (Å²) in [6.07, 6.45) is 2.38. The first-order valence-electron chi connectivity index (χ1n) is 11.8. The molecule has 2 aliphatic rings. The van der Waals surface area contributed by atoms with Gasteiger partial charge in [0.25, 0.3) is 0 Å². The molecule has 0 amide bonds. The summed E-state index contributed by atoms with van der Waals surface area (Å²) in [5.41, 5.74) is 3.67. The Hall–Kier alpha value is -3.00. The van der Waals surface area contributed by atoms with Crippen LogP contribution in [0.5, 0.6) is 0 Å². The lowest BCUT2D eigenvalue weighted by atomic mass is 10.1. The Bertz CT molecular complexity index is 1060. The molecule has 1 aromatic carbocycles. The number of benzene rings is 1. The van der Waals surface area contributed by atoms with Crippen LogP contribution in [0.2, 0.25) is 0 Å². The molecule has 2 aliphatic heterocycles. The second-order valence-corrected chi connectivity index (χ2v) is 8.90. The monoisotopic (exact) mass is 432 g/mol. The van der Waals surface area contributed by atoms with Crippen LogP contribution in [-0.4, -0.2) is 59.2 Å². The van der Waals surface area contributed by atoms with Gasteiger partial charge < -0.3 is 20.4 Å². The summed E-state index contributed by atoms with van der Waals surface area (Å²) in [5, 5.41) is 6.93. The van der Waals surface area contributed by atoms with E-state index in [-0.39, 0.29) is 5.92 Å². The maximum absolute atomic E-state index is 5.10. The second kappa shape index (κ2) is 9.24. The quantitative estimate of drug-likeness (QED) is 0.615. The molecule has 0 aliphatic carbocycles. The van der Waals surface area contributed by atoms with Gasteiger partial charge in [0.05, 0.1) is 5.69 Å². The Kier molecular flexibility index (Phi) is 6.03. The lowest BCUT2D eigenvalue weighted by Crippen LogP contribution is -2.44. The minimum absolute atomic E-state index is 0.240. The van der Waals surface area contributed by atoms with Gasteiger partial charge in [-0.05, 0) is 24.3 Å². The van der Waals surface area contributed by atoms with Gasteiger partial charge >= 0.3 is 0 Å². The molecule has 0 radical (unpaired) electrons. The number of fused-ring (bicyclic) bond motifs is 1. The van der Waals surface area contributed by atoms with Crippen molar-refractivity contribution in [2.45, 2.75) is 39.2 Å². The van der Waals surface area contributed by atoms with Gasteiger partial charge in [-0.25, -0.2) is 9.97 Å². The molecule has 3 aromatic rings. The van der Waals surface area contributed by atoms with Gasteiger partial charge in [0.1, 0.15) is 0 Å². The third-order valence-corrected chi connectivity index (χ3v) is 6.18. The molecule has 2 aromatic heterocycles. The fourth-order valence-electron chi connectivity index (χ4n) is 4.40. The molecule has 2 saturated heterocycles. The van der Waals surface area contributed by atoms with Crippen molar-refractivity contribution in [3.05, 3.63) is 41.6 Å². The summed E-state index contributed by atoms with van der Waals surface area (Å²) in [6.45, 7) is 10.8. The van der Waals surface area contributed by atoms with Crippen molar-refractivity contribution >= 4 is 28.7 Å². The van der Waals surface area contributed by atoms with E-state index in [0.717, 1.165) is 68.1 Å². The van der Waals surface area contributed by atoms with Crippen LogP contribution in [-0.2, 0) is 6.54 Å². The fraction of sp³-hybridized carbons (Fsp3) is 0.500. The van der Waals surface area contributed by atoms with Crippen molar-refractivity contribution in [1.29, 1.82) is 0 Å². The van der Waals surface area contributed by atoms with Crippen LogP contribution < -0.4 is 20.4 Å². The van der Waals surface area contributed by atoms with Gasteiger partial charge in [0, 0.05) is 45.8 Å². The van der Waals surface area contributed by atoms with Gasteiger partial charge in [-0.3, -0.25) is 0 Å². The number of piperazine rings is 1. The highest BCUT2D eigenvalue weighted by atomic mass is 15.3. The molecule has 168 valence electrons. The predicted molar refractivity (Wildman–Crippen MR) is 130 cm³/mol. The molecular formula is C24H32N8. The van der Waals surface area contributed by atoms with Crippen molar-refractivity contribution in [2.75, 3.05) is 54.4 Å². The van der Waals surface area contributed by atoms with Gasteiger partial charge in [-0.2, -0.15) is 9.97 Å². The first-order chi connectivity index (χ1) is 15.7. The summed E-state index contributed by atoms with van der Waals surface area (Å²) in [4.78, 5) is 24.6. The Morgan fingerprint density at radius 3 is 2.38 bits per heavy atom. The van der Waals surface area contributed by atoms with Crippen molar-refractivity contribution in [2.24, 2.45) is 0 Å². The van der Waals surface area contributed by atoms with E-state index in [9.17, 15) is 0 Å². The van der Waals surface area contributed by atoms with Gasteiger partial charge in [0.15, 0.2) is 22.8 Å². The zero-order chi connectivity index (χ0) is 21.9. The summed E-state index contributed by atoms with van der Waals surface area (Å²) in [5.74, 6) is 2.75. The van der Waals surface area contributed by atoms with Crippen LogP contribution in [0.25, 0.3) is 11.2 Å². The zero-order valence-electron chi connectivity index (χ0n) is 19.0. The standard InChI is InChI=1S/C24H32N8/c1-17(2)19-21(26-16-18-8-4-3-5-9-18)28-22-20(27-19)23(31-12-6-7-13-31)30-24(29-22)32-14-10-25-11-15-32/h3-5,8-9,17,25H,6-7,10-16H2,1-2H3,(H,26,28,29,30). The predicted octanol–water partition coefficient (Wildman–Crippen LogP) is 3.17. The number of aromatic nitrogens is 4. The van der Waals surface area contributed by atoms with Crippen molar-refractivity contribution in [3.8, 4) is 0 Å². The number of rotatable bonds is 6. The average Bonchev–Trinajstić information content (AvgIpc) is 3.37. The Morgan fingerprint density at radius 1 is 0.906 bits per heavy atom. The highest BCUT2D eigenvalue weighted by molar-refractivity contribution is 5.86. The third-order valence-electron chi connectivity index (χ3n) is 6.18. The average molecular weight is 433 g/mol. The molecule has 0 atom stereocenters. The first kappa shape index (κ1) is 20.9. The molecule has 2 fully saturated rings. The van der Waals surface area contributed by atoms with E-state index in [4.69, 9.17) is 19.9 Å². The SMILES string of the molecule is CC(C)c1nc2c(N3CCCC3)nc(N3CCNCC3)nc2nc1NCc1ccccc1.